The summed E-state index contributed by atoms with van der Waals surface area (Å²) in [6.07, 6.45) is 4.16. The van der Waals surface area contributed by atoms with Crippen molar-refractivity contribution in [2.24, 2.45) is 0 Å². The van der Waals surface area contributed by atoms with Gasteiger partial charge in [-0.25, -0.2) is 4.52 Å². The van der Waals surface area contributed by atoms with Gasteiger partial charge in [-0.3, -0.25) is 4.90 Å². The van der Waals surface area contributed by atoms with Crippen LogP contribution in [0, 0.1) is 0 Å². The molecule has 0 bridgehead atoms. The quantitative estimate of drug-likeness (QED) is 0.745. The lowest BCUT2D eigenvalue weighted by Gasteiger charge is -2.32. The summed E-state index contributed by atoms with van der Waals surface area (Å²) in [5.41, 5.74) is 2.25. The Labute approximate surface area is 149 Å². The number of hydrogen-bond acceptors (Lipinski definition) is 4. The van der Waals surface area contributed by atoms with Gasteiger partial charge >= 0.3 is 0 Å². The average molecular weight is 386 g/mol. The zero-order chi connectivity index (χ0) is 16.4. The van der Waals surface area contributed by atoms with E-state index >= 15 is 0 Å². The van der Waals surface area contributed by atoms with Crippen molar-refractivity contribution in [3.63, 3.8) is 0 Å². The van der Waals surface area contributed by atoms with Crippen LogP contribution in [-0.4, -0.2) is 38.6 Å². The minimum absolute atomic E-state index is 0.442. The van der Waals surface area contributed by atoms with E-state index in [0.717, 1.165) is 48.5 Å². The smallest absolute Gasteiger partial charge is 0.243 e. The molecule has 1 N–H and O–H groups in total. The van der Waals surface area contributed by atoms with Crippen LogP contribution >= 0.6 is 15.9 Å². The maximum Gasteiger partial charge on any atom is 0.243 e. The fraction of sp³-hybridized carbons (Fsp3) is 0.333. The molecule has 0 aliphatic carbocycles. The number of likely N-dealkylation sites (tertiary alicyclic amines) is 1. The van der Waals surface area contributed by atoms with Gasteiger partial charge in [-0.15, -0.1) is 5.10 Å². The predicted octanol–water partition coefficient (Wildman–Crippen LogP) is 3.57. The van der Waals surface area contributed by atoms with Gasteiger partial charge < -0.3 is 5.32 Å². The number of hydrogen-bond donors (Lipinski definition) is 1. The molecule has 0 atom stereocenters. The summed E-state index contributed by atoms with van der Waals surface area (Å²) in [4.78, 5) is 7.06. The van der Waals surface area contributed by atoms with Gasteiger partial charge in [-0.05, 0) is 46.5 Å². The number of pyridine rings is 1. The third-order valence-electron chi connectivity index (χ3n) is 4.46. The third kappa shape index (κ3) is 3.60. The Bertz CT molecular complexity index is 809. The Morgan fingerprint density at radius 1 is 1.08 bits per heavy atom. The molecule has 124 valence electrons. The van der Waals surface area contributed by atoms with E-state index in [4.69, 9.17) is 0 Å². The first-order valence-corrected chi connectivity index (χ1v) is 9.10. The lowest BCUT2D eigenvalue weighted by molar-refractivity contribution is 0.211. The highest BCUT2D eigenvalue weighted by molar-refractivity contribution is 9.10. The van der Waals surface area contributed by atoms with Gasteiger partial charge in [-0.2, -0.15) is 4.98 Å². The summed E-state index contributed by atoms with van der Waals surface area (Å²) in [6.45, 7) is 3.24. The molecule has 2 aromatic heterocycles. The number of piperidine rings is 1. The molecule has 0 spiro atoms. The number of rotatable bonds is 4. The largest absolute Gasteiger partial charge is 0.350 e. The summed E-state index contributed by atoms with van der Waals surface area (Å²) < 4.78 is 2.80. The van der Waals surface area contributed by atoms with Crippen LogP contribution in [0.3, 0.4) is 0 Å². The molecule has 0 radical (unpaired) electrons. The van der Waals surface area contributed by atoms with Crippen molar-refractivity contribution in [1.82, 2.24) is 19.5 Å². The van der Waals surface area contributed by atoms with Crippen LogP contribution in [0.5, 0.6) is 0 Å². The number of halogens is 1. The Balaban J connectivity index is 1.34. The molecule has 1 aliphatic heterocycles. The van der Waals surface area contributed by atoms with E-state index in [1.54, 1.807) is 4.52 Å². The summed E-state index contributed by atoms with van der Waals surface area (Å²) in [7, 11) is 0. The number of fused-ring (bicyclic) bond motifs is 1. The van der Waals surface area contributed by atoms with Gasteiger partial charge in [0.1, 0.15) is 0 Å². The lowest BCUT2D eigenvalue weighted by atomic mass is 10.0. The number of nitrogens with one attached hydrogen (secondary N) is 1. The Morgan fingerprint density at radius 2 is 1.88 bits per heavy atom. The molecule has 4 rings (SSSR count). The molecular weight excluding hydrogens is 366 g/mol. The Kier molecular flexibility index (Phi) is 4.49. The molecule has 5 nitrogen and oxygen atoms in total. The molecule has 1 aliphatic rings. The van der Waals surface area contributed by atoms with Gasteiger partial charge in [0, 0.05) is 36.3 Å². The van der Waals surface area contributed by atoms with E-state index < -0.39 is 0 Å². The highest BCUT2D eigenvalue weighted by atomic mass is 79.9. The van der Waals surface area contributed by atoms with Crippen molar-refractivity contribution < 1.29 is 0 Å². The van der Waals surface area contributed by atoms with Gasteiger partial charge in [-0.1, -0.05) is 30.3 Å². The van der Waals surface area contributed by atoms with Crippen LogP contribution in [0.2, 0.25) is 0 Å². The maximum absolute atomic E-state index is 4.54. The molecule has 0 unspecified atom stereocenters. The van der Waals surface area contributed by atoms with E-state index in [0.29, 0.717) is 6.04 Å². The molecule has 1 aromatic carbocycles. The highest BCUT2D eigenvalue weighted by Crippen LogP contribution is 2.18. The Hall–Kier alpha value is -1.92. The minimum atomic E-state index is 0.442. The lowest BCUT2D eigenvalue weighted by Crippen LogP contribution is -2.38. The summed E-state index contributed by atoms with van der Waals surface area (Å²) in [6, 6.07) is 15.1. The van der Waals surface area contributed by atoms with E-state index in [9.17, 15) is 0 Å². The average Bonchev–Trinajstić information content (AvgIpc) is 2.99. The van der Waals surface area contributed by atoms with E-state index in [1.165, 1.54) is 5.56 Å². The van der Waals surface area contributed by atoms with Crippen molar-refractivity contribution in [3.05, 3.63) is 58.7 Å². The topological polar surface area (TPSA) is 45.5 Å². The monoisotopic (exact) mass is 385 g/mol. The molecule has 0 amide bonds. The normalized spacial score (nSPS) is 16.5. The zero-order valence-electron chi connectivity index (χ0n) is 13.4. The highest BCUT2D eigenvalue weighted by Gasteiger charge is 2.20. The number of benzene rings is 1. The van der Waals surface area contributed by atoms with E-state index in [1.807, 2.05) is 18.3 Å². The van der Waals surface area contributed by atoms with Crippen molar-refractivity contribution >= 4 is 27.5 Å². The molecule has 3 heterocycles. The number of aromatic nitrogens is 3. The van der Waals surface area contributed by atoms with Crippen molar-refractivity contribution in [2.75, 3.05) is 18.4 Å². The number of nitrogens with zero attached hydrogens (tertiary/aromatic N) is 4. The molecule has 0 saturated carbocycles. The van der Waals surface area contributed by atoms with E-state index in [2.05, 4.69) is 66.6 Å². The fourth-order valence-electron chi connectivity index (χ4n) is 3.18. The zero-order valence-corrected chi connectivity index (χ0v) is 15.0. The molecule has 3 aromatic rings. The maximum atomic E-state index is 4.54. The third-order valence-corrected chi connectivity index (χ3v) is 4.93. The van der Waals surface area contributed by atoms with Crippen LogP contribution in [0.15, 0.2) is 53.1 Å². The van der Waals surface area contributed by atoms with Crippen molar-refractivity contribution in [3.8, 4) is 0 Å². The molecule has 1 fully saturated rings. The van der Waals surface area contributed by atoms with Crippen LogP contribution < -0.4 is 5.32 Å². The van der Waals surface area contributed by atoms with Crippen molar-refractivity contribution in [2.45, 2.75) is 25.4 Å². The summed E-state index contributed by atoms with van der Waals surface area (Å²) in [5, 5.41) is 7.99. The van der Waals surface area contributed by atoms with Gasteiger partial charge in [0.25, 0.3) is 0 Å². The van der Waals surface area contributed by atoms with Gasteiger partial charge in [0.15, 0.2) is 5.65 Å². The van der Waals surface area contributed by atoms with Crippen LogP contribution in [0.4, 0.5) is 5.95 Å². The second kappa shape index (κ2) is 6.91. The van der Waals surface area contributed by atoms with Crippen LogP contribution in [-0.2, 0) is 6.54 Å². The summed E-state index contributed by atoms with van der Waals surface area (Å²) >= 11 is 3.46. The van der Waals surface area contributed by atoms with Crippen molar-refractivity contribution in [1.29, 1.82) is 0 Å². The minimum Gasteiger partial charge on any atom is -0.350 e. The molecule has 1 saturated heterocycles. The SMILES string of the molecule is Brc1ccc2nc(NC3CCN(Cc4ccccc4)CC3)nn2c1. The standard InChI is InChI=1S/C18H20BrN5/c19-15-6-7-17-21-18(22-24(17)13-15)20-16-8-10-23(11-9-16)12-14-4-2-1-3-5-14/h1-7,13,16H,8-12H2,(H,20,22). The van der Waals surface area contributed by atoms with E-state index in [-0.39, 0.29) is 0 Å². The molecule has 24 heavy (non-hydrogen) atoms. The van der Waals surface area contributed by atoms with Gasteiger partial charge in [0.2, 0.25) is 5.95 Å². The van der Waals surface area contributed by atoms with Gasteiger partial charge in [0.05, 0.1) is 0 Å². The van der Waals surface area contributed by atoms with Crippen LogP contribution in [0.25, 0.3) is 5.65 Å². The fourth-order valence-corrected chi connectivity index (χ4v) is 3.50. The molecule has 6 heteroatoms. The first kappa shape index (κ1) is 15.6. The molecular formula is C18H20BrN5. The predicted molar refractivity (Wildman–Crippen MR) is 99.1 cm³/mol. The number of anilines is 1. The first-order valence-electron chi connectivity index (χ1n) is 8.31. The van der Waals surface area contributed by atoms with Crippen LogP contribution in [0.1, 0.15) is 18.4 Å². The second-order valence-electron chi connectivity index (χ2n) is 6.27. The second-order valence-corrected chi connectivity index (χ2v) is 7.18. The Morgan fingerprint density at radius 3 is 2.67 bits per heavy atom. The first-order chi connectivity index (χ1) is 11.8. The summed E-state index contributed by atoms with van der Waals surface area (Å²) in [5.74, 6) is 0.717.